The van der Waals surface area contributed by atoms with Gasteiger partial charge < -0.3 is 13.6 Å². The van der Waals surface area contributed by atoms with Crippen molar-refractivity contribution in [1.29, 1.82) is 0 Å². The summed E-state index contributed by atoms with van der Waals surface area (Å²) in [5, 5.41) is 1.17. The summed E-state index contributed by atoms with van der Waals surface area (Å²) in [6.07, 6.45) is 0.839. The molecule has 0 radical (unpaired) electrons. The van der Waals surface area contributed by atoms with Gasteiger partial charge in [0.2, 0.25) is 0 Å². The predicted molar refractivity (Wildman–Crippen MR) is 106 cm³/mol. The van der Waals surface area contributed by atoms with Gasteiger partial charge in [-0.1, -0.05) is 43.0 Å². The van der Waals surface area contributed by atoms with E-state index in [9.17, 15) is 9.59 Å². The van der Waals surface area contributed by atoms with Gasteiger partial charge in [-0.2, -0.15) is 0 Å². The van der Waals surface area contributed by atoms with Gasteiger partial charge in [0, 0.05) is 17.0 Å². The summed E-state index contributed by atoms with van der Waals surface area (Å²) in [4.78, 5) is 28.2. The third-order valence-corrected chi connectivity index (χ3v) is 5.08. The maximum atomic E-state index is 12.1. The zero-order valence-electron chi connectivity index (χ0n) is 15.1. The Morgan fingerprint density at radius 3 is 2.79 bits per heavy atom. The maximum Gasteiger partial charge on any atom is 0.336 e. The predicted octanol–water partition coefficient (Wildman–Crippen LogP) is 4.33. The van der Waals surface area contributed by atoms with Crippen LogP contribution in [0, 0.1) is 0 Å². The molecule has 2 aromatic heterocycles. The number of aryl methyl sites for hydroxylation is 1. The Hall–Kier alpha value is -3.06. The summed E-state index contributed by atoms with van der Waals surface area (Å²) >= 11 is 1.17. The van der Waals surface area contributed by atoms with Gasteiger partial charge in [-0.05, 0) is 30.2 Å². The van der Waals surface area contributed by atoms with E-state index in [1.807, 2.05) is 49.4 Å². The Morgan fingerprint density at radius 1 is 1.11 bits per heavy atom. The van der Waals surface area contributed by atoms with Gasteiger partial charge >= 0.3 is 11.6 Å². The minimum Gasteiger partial charge on any atom is -0.460 e. The SMILES string of the molecule is CCc1ccc2c(COC(=O)CSc3nc4ccccc4o3)cc(=O)oc2c1. The lowest BCUT2D eigenvalue weighted by Gasteiger charge is -2.07. The first-order valence-electron chi connectivity index (χ1n) is 8.82. The first-order chi connectivity index (χ1) is 13.6. The number of aromatic nitrogens is 1. The Balaban J connectivity index is 1.42. The summed E-state index contributed by atoms with van der Waals surface area (Å²) < 4.78 is 16.2. The smallest absolute Gasteiger partial charge is 0.336 e. The third-order valence-electron chi connectivity index (χ3n) is 4.28. The first kappa shape index (κ1) is 18.3. The minimum atomic E-state index is -0.465. The van der Waals surface area contributed by atoms with E-state index in [0.717, 1.165) is 22.9 Å². The van der Waals surface area contributed by atoms with Crippen LogP contribution in [0.2, 0.25) is 0 Å². The van der Waals surface area contributed by atoms with E-state index in [1.54, 1.807) is 0 Å². The monoisotopic (exact) mass is 395 g/mol. The van der Waals surface area contributed by atoms with Crippen molar-refractivity contribution >= 4 is 39.8 Å². The molecule has 0 atom stereocenters. The van der Waals surface area contributed by atoms with Crippen molar-refractivity contribution in [3.63, 3.8) is 0 Å². The van der Waals surface area contributed by atoms with E-state index in [-0.39, 0.29) is 12.4 Å². The van der Waals surface area contributed by atoms with Crippen LogP contribution in [0.15, 0.2) is 67.4 Å². The number of carbonyl (C=O) groups excluding carboxylic acids is 1. The number of fused-ring (bicyclic) bond motifs is 2. The van der Waals surface area contributed by atoms with Gasteiger partial charge in [-0.25, -0.2) is 9.78 Å². The van der Waals surface area contributed by atoms with Crippen LogP contribution in [0.3, 0.4) is 0 Å². The topological polar surface area (TPSA) is 82.5 Å². The normalized spacial score (nSPS) is 11.2. The van der Waals surface area contributed by atoms with Crippen molar-refractivity contribution in [2.75, 3.05) is 5.75 Å². The van der Waals surface area contributed by atoms with Gasteiger partial charge in [0.15, 0.2) is 5.58 Å². The molecule has 2 heterocycles. The summed E-state index contributed by atoms with van der Waals surface area (Å²) in [7, 11) is 0. The molecular weight excluding hydrogens is 378 g/mol. The van der Waals surface area contributed by atoms with Crippen molar-refractivity contribution in [2.24, 2.45) is 0 Å². The molecule has 0 aliphatic heterocycles. The van der Waals surface area contributed by atoms with Gasteiger partial charge in [0.1, 0.15) is 23.5 Å². The van der Waals surface area contributed by atoms with Crippen LogP contribution in [-0.4, -0.2) is 16.7 Å². The number of nitrogens with zero attached hydrogens (tertiary/aromatic N) is 1. The molecule has 0 fully saturated rings. The maximum absolute atomic E-state index is 12.1. The molecule has 4 aromatic rings. The van der Waals surface area contributed by atoms with Crippen LogP contribution >= 0.6 is 11.8 Å². The van der Waals surface area contributed by atoms with E-state index < -0.39 is 11.6 Å². The molecule has 142 valence electrons. The van der Waals surface area contributed by atoms with E-state index in [1.165, 1.54) is 17.8 Å². The Kier molecular flexibility index (Phi) is 5.16. The molecule has 0 bridgehead atoms. The molecule has 0 saturated heterocycles. The zero-order chi connectivity index (χ0) is 19.5. The molecule has 7 heteroatoms. The number of oxazole rings is 1. The number of ether oxygens (including phenoxy) is 1. The summed E-state index contributed by atoms with van der Waals surface area (Å²) in [6, 6.07) is 14.4. The number of para-hydroxylation sites is 2. The van der Waals surface area contributed by atoms with Gasteiger partial charge in [0.05, 0.1) is 0 Å². The quantitative estimate of drug-likeness (QED) is 0.273. The standard InChI is InChI=1S/C21H17NO5S/c1-2-13-7-8-15-14(10-19(23)26-18(15)9-13)11-25-20(24)12-28-21-22-16-5-3-4-6-17(16)27-21/h3-10H,2,11-12H2,1H3. The van der Waals surface area contributed by atoms with Crippen LogP contribution in [-0.2, 0) is 22.6 Å². The lowest BCUT2D eigenvalue weighted by Crippen LogP contribution is -2.09. The molecular formula is C21H17NO5S. The van der Waals surface area contributed by atoms with Gasteiger partial charge in [-0.15, -0.1) is 0 Å². The average Bonchev–Trinajstić information content (AvgIpc) is 3.12. The van der Waals surface area contributed by atoms with Crippen molar-refractivity contribution in [3.8, 4) is 0 Å². The average molecular weight is 395 g/mol. The molecule has 0 amide bonds. The number of carbonyl (C=O) groups is 1. The second kappa shape index (κ2) is 7.90. The van der Waals surface area contributed by atoms with Crippen LogP contribution in [0.25, 0.3) is 22.1 Å². The summed E-state index contributed by atoms with van der Waals surface area (Å²) in [5.74, 6) is -0.356. The Bertz CT molecular complexity index is 1180. The van der Waals surface area contributed by atoms with Crippen LogP contribution in [0.4, 0.5) is 0 Å². The fraction of sp³-hybridized carbons (Fsp3) is 0.190. The van der Waals surface area contributed by atoms with Crippen LogP contribution < -0.4 is 5.63 Å². The number of hydrogen-bond acceptors (Lipinski definition) is 7. The number of benzene rings is 2. The van der Waals surface area contributed by atoms with Gasteiger partial charge in [0.25, 0.3) is 5.22 Å². The second-order valence-electron chi connectivity index (χ2n) is 6.17. The largest absolute Gasteiger partial charge is 0.460 e. The first-order valence-corrected chi connectivity index (χ1v) is 9.80. The molecule has 0 aliphatic carbocycles. The van der Waals surface area contributed by atoms with Gasteiger partial charge in [-0.3, -0.25) is 4.79 Å². The van der Waals surface area contributed by atoms with Crippen molar-refractivity contribution < 1.29 is 18.4 Å². The lowest BCUT2D eigenvalue weighted by atomic mass is 10.1. The number of rotatable bonds is 6. The number of thioether (sulfide) groups is 1. The van der Waals surface area contributed by atoms with Crippen molar-refractivity contribution in [1.82, 2.24) is 4.98 Å². The molecule has 0 spiro atoms. The third kappa shape index (κ3) is 3.94. The fourth-order valence-corrected chi connectivity index (χ4v) is 3.48. The molecule has 0 aliphatic rings. The molecule has 4 rings (SSSR count). The highest BCUT2D eigenvalue weighted by atomic mass is 32.2. The second-order valence-corrected chi connectivity index (χ2v) is 7.10. The minimum absolute atomic E-state index is 0.000520. The highest BCUT2D eigenvalue weighted by Gasteiger charge is 2.12. The van der Waals surface area contributed by atoms with Crippen LogP contribution in [0.5, 0.6) is 0 Å². The Labute approximate surface area is 164 Å². The molecule has 0 N–H and O–H groups in total. The van der Waals surface area contributed by atoms with E-state index in [0.29, 0.717) is 22.0 Å². The highest BCUT2D eigenvalue weighted by Crippen LogP contribution is 2.24. The number of esters is 1. The van der Waals surface area contributed by atoms with Crippen LogP contribution in [0.1, 0.15) is 18.1 Å². The molecule has 28 heavy (non-hydrogen) atoms. The number of hydrogen-bond donors (Lipinski definition) is 0. The zero-order valence-corrected chi connectivity index (χ0v) is 16.0. The van der Waals surface area contributed by atoms with E-state index >= 15 is 0 Å². The van der Waals surface area contributed by atoms with Crippen molar-refractivity contribution in [2.45, 2.75) is 25.2 Å². The molecule has 0 saturated carbocycles. The lowest BCUT2D eigenvalue weighted by molar-refractivity contribution is -0.141. The summed E-state index contributed by atoms with van der Waals surface area (Å²) in [5.41, 5.74) is 3.14. The van der Waals surface area contributed by atoms with E-state index in [2.05, 4.69) is 4.98 Å². The van der Waals surface area contributed by atoms with Crippen molar-refractivity contribution in [3.05, 3.63) is 70.1 Å². The Morgan fingerprint density at radius 2 is 1.96 bits per heavy atom. The molecule has 6 nitrogen and oxygen atoms in total. The highest BCUT2D eigenvalue weighted by molar-refractivity contribution is 7.99. The molecule has 0 unspecified atom stereocenters. The molecule has 2 aromatic carbocycles. The van der Waals surface area contributed by atoms with E-state index in [4.69, 9.17) is 13.6 Å². The fourth-order valence-electron chi connectivity index (χ4n) is 2.85. The summed E-state index contributed by atoms with van der Waals surface area (Å²) in [6.45, 7) is 2.03.